The van der Waals surface area contributed by atoms with Crippen LogP contribution in [0.3, 0.4) is 0 Å². The predicted octanol–water partition coefficient (Wildman–Crippen LogP) is 9.65. The van der Waals surface area contributed by atoms with E-state index in [1.165, 1.54) is 16.7 Å². The van der Waals surface area contributed by atoms with E-state index in [1.54, 1.807) is 7.11 Å². The Morgan fingerprint density at radius 3 is 1.83 bits per heavy atom. The maximum absolute atomic E-state index is 6.63. The zero-order valence-electron chi connectivity index (χ0n) is 22.7. The maximum Gasteiger partial charge on any atom is 0.136 e. The average Bonchev–Trinajstić information content (AvgIpc) is 2.81. The topological polar surface area (TPSA) is 22.1 Å². The standard InChI is InChI=1S/C33H36ClNO/c1-21-11-9-12-22(15-21)27-13-10-14-28(31(27)36-8)29-18-24(19-30(34)35-29)23-16-25(32(2,3)4)20-26(17-23)33(5,6)7/h9-20H,1-8H3. The van der Waals surface area contributed by atoms with E-state index in [1.807, 2.05) is 12.1 Å². The Bertz CT molecular complexity index is 1370. The number of ether oxygens (including phenoxy) is 1. The Morgan fingerprint density at radius 2 is 1.25 bits per heavy atom. The summed E-state index contributed by atoms with van der Waals surface area (Å²) < 4.78 is 5.96. The molecule has 0 aliphatic heterocycles. The third-order valence-electron chi connectivity index (χ3n) is 6.62. The molecule has 2 nitrogen and oxygen atoms in total. The highest BCUT2D eigenvalue weighted by Gasteiger charge is 2.22. The van der Waals surface area contributed by atoms with Crippen molar-refractivity contribution in [2.45, 2.75) is 59.3 Å². The van der Waals surface area contributed by atoms with Crippen molar-refractivity contribution in [1.29, 1.82) is 0 Å². The first-order valence-electron chi connectivity index (χ1n) is 12.5. The van der Waals surface area contributed by atoms with Crippen molar-refractivity contribution in [2.24, 2.45) is 0 Å². The highest BCUT2D eigenvalue weighted by atomic mass is 35.5. The molecule has 3 aromatic carbocycles. The third-order valence-corrected chi connectivity index (χ3v) is 6.81. The van der Waals surface area contributed by atoms with E-state index in [0.29, 0.717) is 5.15 Å². The van der Waals surface area contributed by atoms with Gasteiger partial charge in [-0.1, -0.05) is 113 Å². The number of aromatic nitrogens is 1. The number of aryl methyl sites for hydroxylation is 1. The number of nitrogens with zero attached hydrogens (tertiary/aromatic N) is 1. The molecular formula is C33H36ClNO. The van der Waals surface area contributed by atoms with Crippen LogP contribution < -0.4 is 4.74 Å². The van der Waals surface area contributed by atoms with Crippen LogP contribution in [0.15, 0.2) is 72.8 Å². The van der Waals surface area contributed by atoms with E-state index < -0.39 is 0 Å². The van der Waals surface area contributed by atoms with Crippen LogP contribution >= 0.6 is 11.6 Å². The van der Waals surface area contributed by atoms with Crippen molar-refractivity contribution in [3.8, 4) is 39.3 Å². The van der Waals surface area contributed by atoms with Gasteiger partial charge in [0.2, 0.25) is 0 Å². The number of rotatable bonds is 4. The van der Waals surface area contributed by atoms with Gasteiger partial charge in [0.15, 0.2) is 0 Å². The van der Waals surface area contributed by atoms with Crippen LogP contribution in [0.1, 0.15) is 58.2 Å². The molecule has 186 valence electrons. The lowest BCUT2D eigenvalue weighted by Gasteiger charge is -2.26. The second kappa shape index (κ2) is 9.75. The number of hydrogen-bond donors (Lipinski definition) is 0. The van der Waals surface area contributed by atoms with Crippen LogP contribution in [-0.4, -0.2) is 12.1 Å². The van der Waals surface area contributed by atoms with E-state index >= 15 is 0 Å². The molecule has 0 saturated carbocycles. The third kappa shape index (κ3) is 5.50. The Labute approximate surface area is 221 Å². The first-order valence-corrected chi connectivity index (χ1v) is 12.8. The van der Waals surface area contributed by atoms with Gasteiger partial charge in [-0.2, -0.15) is 0 Å². The van der Waals surface area contributed by atoms with E-state index in [-0.39, 0.29) is 10.8 Å². The fourth-order valence-corrected chi connectivity index (χ4v) is 4.67. The van der Waals surface area contributed by atoms with Crippen molar-refractivity contribution >= 4 is 11.6 Å². The van der Waals surface area contributed by atoms with Gasteiger partial charge in [-0.15, -0.1) is 0 Å². The monoisotopic (exact) mass is 497 g/mol. The molecule has 0 atom stereocenters. The summed E-state index contributed by atoms with van der Waals surface area (Å²) in [6.45, 7) is 15.6. The van der Waals surface area contributed by atoms with E-state index in [9.17, 15) is 0 Å². The zero-order chi connectivity index (χ0) is 26.3. The van der Waals surface area contributed by atoms with E-state index in [2.05, 4.69) is 109 Å². The van der Waals surface area contributed by atoms with Crippen molar-refractivity contribution in [3.05, 3.63) is 94.6 Å². The number of halogens is 1. The molecule has 0 amide bonds. The summed E-state index contributed by atoms with van der Waals surface area (Å²) in [5.41, 5.74) is 9.92. The molecule has 0 radical (unpaired) electrons. The quantitative estimate of drug-likeness (QED) is 0.262. The highest BCUT2D eigenvalue weighted by molar-refractivity contribution is 6.29. The van der Waals surface area contributed by atoms with Crippen molar-refractivity contribution in [3.63, 3.8) is 0 Å². The molecule has 0 N–H and O–H groups in total. The van der Waals surface area contributed by atoms with E-state index in [4.69, 9.17) is 21.3 Å². The van der Waals surface area contributed by atoms with Crippen LogP contribution in [0.2, 0.25) is 5.15 Å². The van der Waals surface area contributed by atoms with Gasteiger partial charge in [-0.25, -0.2) is 4.98 Å². The minimum Gasteiger partial charge on any atom is -0.495 e. The fraction of sp³-hybridized carbons (Fsp3) is 0.303. The zero-order valence-corrected chi connectivity index (χ0v) is 23.4. The van der Waals surface area contributed by atoms with Gasteiger partial charge in [-0.3, -0.25) is 0 Å². The summed E-state index contributed by atoms with van der Waals surface area (Å²) in [6.07, 6.45) is 0. The lowest BCUT2D eigenvalue weighted by Crippen LogP contribution is -2.16. The predicted molar refractivity (Wildman–Crippen MR) is 154 cm³/mol. The number of para-hydroxylation sites is 1. The summed E-state index contributed by atoms with van der Waals surface area (Å²) in [5.74, 6) is 0.794. The number of methoxy groups -OCH3 is 1. The smallest absolute Gasteiger partial charge is 0.136 e. The maximum atomic E-state index is 6.63. The summed E-state index contributed by atoms with van der Waals surface area (Å²) in [4.78, 5) is 4.72. The molecule has 0 fully saturated rings. The van der Waals surface area contributed by atoms with Gasteiger partial charge < -0.3 is 4.74 Å². The fourth-order valence-electron chi connectivity index (χ4n) is 4.46. The second-order valence-electron chi connectivity index (χ2n) is 11.6. The molecule has 36 heavy (non-hydrogen) atoms. The van der Waals surface area contributed by atoms with Gasteiger partial charge in [0.1, 0.15) is 10.9 Å². The minimum atomic E-state index is 0.0288. The van der Waals surface area contributed by atoms with Crippen molar-refractivity contribution in [1.82, 2.24) is 4.98 Å². The molecule has 0 saturated heterocycles. The highest BCUT2D eigenvalue weighted by Crippen LogP contribution is 2.41. The number of hydrogen-bond acceptors (Lipinski definition) is 2. The number of benzene rings is 3. The molecule has 0 aliphatic carbocycles. The molecule has 1 aromatic heterocycles. The van der Waals surface area contributed by atoms with Gasteiger partial charge in [0, 0.05) is 11.1 Å². The molecule has 3 heteroatoms. The van der Waals surface area contributed by atoms with Gasteiger partial charge in [-0.05, 0) is 63.8 Å². The Balaban J connectivity index is 1.91. The Kier molecular flexibility index (Phi) is 7.03. The van der Waals surface area contributed by atoms with E-state index in [0.717, 1.165) is 39.3 Å². The van der Waals surface area contributed by atoms with Gasteiger partial charge in [0.05, 0.1) is 12.8 Å². The minimum absolute atomic E-state index is 0.0288. The van der Waals surface area contributed by atoms with Gasteiger partial charge in [0.25, 0.3) is 0 Å². The van der Waals surface area contributed by atoms with Crippen LogP contribution in [0.4, 0.5) is 0 Å². The molecule has 0 aliphatic rings. The Hall–Kier alpha value is -3.10. The van der Waals surface area contributed by atoms with Crippen LogP contribution in [-0.2, 0) is 10.8 Å². The summed E-state index contributed by atoms with van der Waals surface area (Å²) in [5, 5.41) is 0.462. The SMILES string of the molecule is COc1c(-c2cccc(C)c2)cccc1-c1cc(-c2cc(C(C)(C)C)cc(C(C)(C)C)c2)cc(Cl)n1. The molecule has 4 aromatic rings. The van der Waals surface area contributed by atoms with Crippen molar-refractivity contribution < 1.29 is 4.74 Å². The van der Waals surface area contributed by atoms with Crippen molar-refractivity contribution in [2.75, 3.05) is 7.11 Å². The van der Waals surface area contributed by atoms with Crippen LogP contribution in [0, 0.1) is 6.92 Å². The molecule has 0 unspecified atom stereocenters. The Morgan fingerprint density at radius 1 is 0.667 bits per heavy atom. The van der Waals surface area contributed by atoms with Crippen LogP contribution in [0.5, 0.6) is 5.75 Å². The lowest BCUT2D eigenvalue weighted by atomic mass is 9.79. The largest absolute Gasteiger partial charge is 0.495 e. The first kappa shape index (κ1) is 26.0. The lowest BCUT2D eigenvalue weighted by molar-refractivity contribution is 0.418. The van der Waals surface area contributed by atoms with Gasteiger partial charge >= 0.3 is 0 Å². The summed E-state index contributed by atoms with van der Waals surface area (Å²) in [6, 6.07) is 25.6. The van der Waals surface area contributed by atoms with Crippen LogP contribution in [0.25, 0.3) is 33.5 Å². The molecule has 1 heterocycles. The normalized spacial score (nSPS) is 12.0. The summed E-state index contributed by atoms with van der Waals surface area (Å²) in [7, 11) is 1.71. The molecule has 4 rings (SSSR count). The second-order valence-corrected chi connectivity index (χ2v) is 12.0. The average molecular weight is 498 g/mol. The molecule has 0 bridgehead atoms. The molecular weight excluding hydrogens is 462 g/mol. The number of pyridine rings is 1. The molecule has 0 spiro atoms. The summed E-state index contributed by atoms with van der Waals surface area (Å²) >= 11 is 6.63. The first-order chi connectivity index (χ1) is 16.9.